The number of carbonyl (C=O) groups excluding carboxylic acids is 2. The van der Waals surface area contributed by atoms with Crippen LogP contribution in [0.25, 0.3) is 0 Å². The molecule has 0 heterocycles. The number of hydrogen-bond donors (Lipinski definition) is 0. The molecular weight excluding hydrogens is 348 g/mol. The van der Waals surface area contributed by atoms with E-state index in [0.29, 0.717) is 13.0 Å². The number of ether oxygens (including phenoxy) is 4. The fourth-order valence-electron chi connectivity index (χ4n) is 1.95. The van der Waals surface area contributed by atoms with Crippen molar-refractivity contribution in [2.45, 2.75) is 52.1 Å². The lowest BCUT2D eigenvalue weighted by molar-refractivity contribution is -0.188. The molecule has 0 amide bonds. The van der Waals surface area contributed by atoms with E-state index >= 15 is 0 Å². The van der Waals surface area contributed by atoms with Gasteiger partial charge in [-0.1, -0.05) is 30.3 Å². The van der Waals surface area contributed by atoms with Gasteiger partial charge in [0.2, 0.25) is 6.29 Å². The third-order valence-corrected chi connectivity index (χ3v) is 3.83. The van der Waals surface area contributed by atoms with Crippen LogP contribution in [-0.2, 0) is 35.0 Å². The van der Waals surface area contributed by atoms with Gasteiger partial charge in [0.25, 0.3) is 0 Å². The first-order valence-corrected chi connectivity index (χ1v) is 9.00. The van der Waals surface area contributed by atoms with Crippen LogP contribution < -0.4 is 0 Å². The monoisotopic (exact) mass is 378 g/mol. The van der Waals surface area contributed by atoms with Gasteiger partial charge >= 0.3 is 5.97 Å². The van der Waals surface area contributed by atoms with Crippen molar-refractivity contribution in [3.8, 4) is 0 Å². The number of methoxy groups -OCH3 is 1. The molecule has 0 fully saturated rings. The molecule has 1 aromatic rings. The summed E-state index contributed by atoms with van der Waals surface area (Å²) in [5.74, 6) is -1.01. The van der Waals surface area contributed by atoms with Crippen LogP contribution in [0, 0.1) is 0 Å². The van der Waals surface area contributed by atoms with Crippen LogP contribution in [-0.4, -0.2) is 50.1 Å². The van der Waals surface area contributed by atoms with Crippen molar-refractivity contribution in [2.75, 3.05) is 20.3 Å². The molecule has 0 bridgehead atoms. The standard InChI is InChI=1S/C21H30O6/c1-16(2)26-15-20(25-14-13-17-9-7-6-8-10-17)27-19(23)12-11-18(22)21(3,4)24-5/h6-12,16,20H,13-15H2,1-5H3/b12-11+. The van der Waals surface area contributed by atoms with Gasteiger partial charge in [0, 0.05) is 13.2 Å². The topological polar surface area (TPSA) is 71.1 Å². The Morgan fingerprint density at radius 3 is 2.33 bits per heavy atom. The first-order chi connectivity index (χ1) is 12.7. The van der Waals surface area contributed by atoms with E-state index in [-0.39, 0.29) is 18.5 Å². The van der Waals surface area contributed by atoms with Gasteiger partial charge in [0.15, 0.2) is 5.78 Å². The summed E-state index contributed by atoms with van der Waals surface area (Å²) >= 11 is 0. The summed E-state index contributed by atoms with van der Waals surface area (Å²) in [7, 11) is 1.43. The van der Waals surface area contributed by atoms with Gasteiger partial charge in [0.05, 0.1) is 12.7 Å². The molecule has 1 rings (SSSR count). The van der Waals surface area contributed by atoms with Crippen molar-refractivity contribution < 1.29 is 28.5 Å². The molecule has 150 valence electrons. The summed E-state index contributed by atoms with van der Waals surface area (Å²) in [6.45, 7) is 7.50. The lowest BCUT2D eigenvalue weighted by Gasteiger charge is -2.20. The summed E-state index contributed by atoms with van der Waals surface area (Å²) < 4.78 is 21.5. The van der Waals surface area contributed by atoms with E-state index in [0.717, 1.165) is 17.7 Å². The molecule has 0 saturated carbocycles. The normalized spacial score (nSPS) is 13.1. The van der Waals surface area contributed by atoms with Crippen molar-refractivity contribution in [1.82, 2.24) is 0 Å². The van der Waals surface area contributed by atoms with E-state index in [9.17, 15) is 9.59 Å². The Hall–Kier alpha value is -2.02. The van der Waals surface area contributed by atoms with E-state index in [1.165, 1.54) is 7.11 Å². The molecule has 0 spiro atoms. The summed E-state index contributed by atoms with van der Waals surface area (Å²) in [6.07, 6.45) is 2.04. The van der Waals surface area contributed by atoms with Crippen molar-refractivity contribution in [1.29, 1.82) is 0 Å². The highest BCUT2D eigenvalue weighted by molar-refractivity contribution is 6.00. The van der Waals surface area contributed by atoms with Crippen LogP contribution in [0.1, 0.15) is 33.3 Å². The fourth-order valence-corrected chi connectivity index (χ4v) is 1.95. The maximum Gasteiger partial charge on any atom is 0.333 e. The molecule has 0 N–H and O–H groups in total. The first kappa shape index (κ1) is 23.0. The second-order valence-corrected chi connectivity index (χ2v) is 6.77. The minimum Gasteiger partial charge on any atom is -0.430 e. The molecule has 0 saturated heterocycles. The minimum absolute atomic E-state index is 0.0245. The SMILES string of the molecule is COC(C)(C)C(=O)/C=C/C(=O)OC(COC(C)C)OCCc1ccccc1. The average molecular weight is 378 g/mol. The van der Waals surface area contributed by atoms with E-state index in [2.05, 4.69) is 0 Å². The fraction of sp³-hybridized carbons (Fsp3) is 0.524. The number of ketones is 1. The Labute approximate surface area is 161 Å². The van der Waals surface area contributed by atoms with Gasteiger partial charge in [-0.15, -0.1) is 0 Å². The van der Waals surface area contributed by atoms with E-state index in [1.54, 1.807) is 13.8 Å². The van der Waals surface area contributed by atoms with Crippen LogP contribution in [0.4, 0.5) is 0 Å². The Bertz CT molecular complexity index is 606. The molecule has 1 unspecified atom stereocenters. The maximum absolute atomic E-state index is 12.0. The van der Waals surface area contributed by atoms with Gasteiger partial charge in [0.1, 0.15) is 12.2 Å². The van der Waals surface area contributed by atoms with E-state index in [4.69, 9.17) is 18.9 Å². The van der Waals surface area contributed by atoms with Crippen LogP contribution in [0.15, 0.2) is 42.5 Å². The molecule has 6 nitrogen and oxygen atoms in total. The number of benzene rings is 1. The maximum atomic E-state index is 12.0. The van der Waals surface area contributed by atoms with E-state index < -0.39 is 17.9 Å². The Kier molecular flexibility index (Phi) is 9.93. The second kappa shape index (κ2) is 11.6. The van der Waals surface area contributed by atoms with Gasteiger partial charge in [-0.2, -0.15) is 0 Å². The smallest absolute Gasteiger partial charge is 0.333 e. The van der Waals surface area contributed by atoms with Gasteiger partial charge in [-0.3, -0.25) is 4.79 Å². The average Bonchev–Trinajstić information content (AvgIpc) is 2.64. The quantitative estimate of drug-likeness (QED) is 0.316. The van der Waals surface area contributed by atoms with Crippen LogP contribution in [0.5, 0.6) is 0 Å². The largest absolute Gasteiger partial charge is 0.430 e. The molecule has 1 atom stereocenters. The second-order valence-electron chi connectivity index (χ2n) is 6.77. The molecule has 0 aliphatic rings. The number of hydrogen-bond acceptors (Lipinski definition) is 6. The van der Waals surface area contributed by atoms with Crippen molar-refractivity contribution in [2.24, 2.45) is 0 Å². The summed E-state index contributed by atoms with van der Waals surface area (Å²) in [5.41, 5.74) is 0.128. The molecule has 0 radical (unpaired) electrons. The molecule has 27 heavy (non-hydrogen) atoms. The molecule has 6 heteroatoms. The van der Waals surface area contributed by atoms with Crippen LogP contribution in [0.2, 0.25) is 0 Å². The minimum atomic E-state index is -0.997. The van der Waals surface area contributed by atoms with Crippen LogP contribution in [0.3, 0.4) is 0 Å². The third-order valence-electron chi connectivity index (χ3n) is 3.83. The van der Waals surface area contributed by atoms with Gasteiger partial charge in [-0.05, 0) is 45.8 Å². The highest BCUT2D eigenvalue weighted by atomic mass is 16.7. The molecule has 0 aliphatic heterocycles. The molecule has 0 aromatic heterocycles. The molecule has 0 aliphatic carbocycles. The lowest BCUT2D eigenvalue weighted by Crippen LogP contribution is -2.32. The van der Waals surface area contributed by atoms with Crippen molar-refractivity contribution >= 4 is 11.8 Å². The highest BCUT2D eigenvalue weighted by Crippen LogP contribution is 2.10. The van der Waals surface area contributed by atoms with Crippen LogP contribution >= 0.6 is 0 Å². The zero-order valence-corrected chi connectivity index (χ0v) is 16.8. The summed E-state index contributed by atoms with van der Waals surface area (Å²) in [6, 6.07) is 9.86. The molecular formula is C21H30O6. The molecule has 1 aromatic carbocycles. The van der Waals surface area contributed by atoms with Crippen molar-refractivity contribution in [3.63, 3.8) is 0 Å². The van der Waals surface area contributed by atoms with Gasteiger partial charge in [-0.25, -0.2) is 4.79 Å². The third kappa shape index (κ3) is 9.47. The predicted molar refractivity (Wildman–Crippen MR) is 102 cm³/mol. The number of rotatable bonds is 12. The lowest BCUT2D eigenvalue weighted by atomic mass is 10.0. The zero-order valence-electron chi connectivity index (χ0n) is 16.8. The summed E-state index contributed by atoms with van der Waals surface area (Å²) in [5, 5.41) is 0. The van der Waals surface area contributed by atoms with Gasteiger partial charge < -0.3 is 18.9 Å². The Morgan fingerprint density at radius 1 is 1.07 bits per heavy atom. The Morgan fingerprint density at radius 2 is 1.74 bits per heavy atom. The predicted octanol–water partition coefficient (Wildman–Crippen LogP) is 3.09. The Balaban J connectivity index is 2.56. The number of esters is 1. The number of carbonyl (C=O) groups is 2. The van der Waals surface area contributed by atoms with E-state index in [1.807, 2.05) is 44.2 Å². The highest BCUT2D eigenvalue weighted by Gasteiger charge is 2.24. The summed E-state index contributed by atoms with van der Waals surface area (Å²) in [4.78, 5) is 24.0. The zero-order chi connectivity index (χ0) is 20.3. The first-order valence-electron chi connectivity index (χ1n) is 9.00. The van der Waals surface area contributed by atoms with Crippen molar-refractivity contribution in [3.05, 3.63) is 48.0 Å².